The number of rotatable bonds is 4. The number of hydrogen-bond acceptors (Lipinski definition) is 3. The summed E-state index contributed by atoms with van der Waals surface area (Å²) < 4.78 is 0. The zero-order valence-corrected chi connectivity index (χ0v) is 13.7. The average molecular weight is 310 g/mol. The standard InChI is InChI=1S/C17H27N3.ClH/c1-2-5-15(6-3-1)8-11-20-12-10-19-14-17(20)16-7-4-9-18-13-16;/h4,7,9,13,15,17,19H,1-3,5-6,8,10-12,14H2;1H. The Kier molecular flexibility index (Phi) is 6.94. The average Bonchev–Trinajstić information content (AvgIpc) is 2.55. The Morgan fingerprint density at radius 1 is 1.24 bits per heavy atom. The summed E-state index contributed by atoms with van der Waals surface area (Å²) >= 11 is 0. The molecule has 2 fully saturated rings. The van der Waals surface area contributed by atoms with Gasteiger partial charge in [0, 0.05) is 38.1 Å². The molecule has 1 N–H and O–H groups in total. The molecule has 1 atom stereocenters. The lowest BCUT2D eigenvalue weighted by atomic mass is 9.86. The predicted molar refractivity (Wildman–Crippen MR) is 89.9 cm³/mol. The molecule has 118 valence electrons. The molecule has 3 nitrogen and oxygen atoms in total. The van der Waals surface area contributed by atoms with Crippen LogP contribution in [0.2, 0.25) is 0 Å². The fourth-order valence-electron chi connectivity index (χ4n) is 3.74. The number of nitrogens with zero attached hydrogens (tertiary/aromatic N) is 2. The normalized spacial score (nSPS) is 24.5. The Balaban J connectivity index is 0.00000161. The van der Waals surface area contributed by atoms with Crippen molar-refractivity contribution in [3.63, 3.8) is 0 Å². The lowest BCUT2D eigenvalue weighted by molar-refractivity contribution is 0.145. The van der Waals surface area contributed by atoms with Crippen molar-refractivity contribution >= 4 is 12.4 Å². The van der Waals surface area contributed by atoms with Crippen LogP contribution in [0.5, 0.6) is 0 Å². The van der Waals surface area contributed by atoms with E-state index >= 15 is 0 Å². The number of hydrogen-bond donors (Lipinski definition) is 1. The van der Waals surface area contributed by atoms with Gasteiger partial charge in [0.15, 0.2) is 0 Å². The fraction of sp³-hybridized carbons (Fsp3) is 0.706. The molecular formula is C17H28ClN3. The van der Waals surface area contributed by atoms with Crippen LogP contribution in [0.3, 0.4) is 0 Å². The smallest absolute Gasteiger partial charge is 0.0488 e. The number of halogens is 1. The molecule has 1 aliphatic carbocycles. The van der Waals surface area contributed by atoms with Crippen molar-refractivity contribution in [2.45, 2.75) is 44.6 Å². The number of piperazine rings is 1. The third-order valence-corrected chi connectivity index (χ3v) is 4.97. The van der Waals surface area contributed by atoms with E-state index in [-0.39, 0.29) is 12.4 Å². The van der Waals surface area contributed by atoms with Crippen LogP contribution in [0.1, 0.15) is 50.1 Å². The van der Waals surface area contributed by atoms with E-state index in [2.05, 4.69) is 27.3 Å². The Hall–Kier alpha value is -0.640. The van der Waals surface area contributed by atoms with E-state index in [0.717, 1.165) is 19.0 Å². The molecule has 0 aromatic carbocycles. The summed E-state index contributed by atoms with van der Waals surface area (Å²) in [5.74, 6) is 0.980. The molecule has 1 saturated heterocycles. The van der Waals surface area contributed by atoms with Gasteiger partial charge in [-0.05, 0) is 30.5 Å². The van der Waals surface area contributed by atoms with E-state index in [1.807, 2.05) is 12.4 Å². The quantitative estimate of drug-likeness (QED) is 0.923. The second kappa shape index (κ2) is 8.72. The first-order chi connectivity index (χ1) is 9.93. The Labute approximate surface area is 134 Å². The van der Waals surface area contributed by atoms with Crippen LogP contribution in [-0.4, -0.2) is 36.1 Å². The van der Waals surface area contributed by atoms with Crippen molar-refractivity contribution in [2.75, 3.05) is 26.2 Å². The first-order valence-electron chi connectivity index (χ1n) is 8.28. The Bertz CT molecular complexity index is 392. The van der Waals surface area contributed by atoms with Crippen molar-refractivity contribution in [2.24, 2.45) is 5.92 Å². The van der Waals surface area contributed by atoms with Gasteiger partial charge in [0.25, 0.3) is 0 Å². The minimum absolute atomic E-state index is 0. The molecule has 1 aliphatic heterocycles. The molecule has 1 aromatic rings. The molecule has 2 aliphatic rings. The number of nitrogens with one attached hydrogen (secondary N) is 1. The largest absolute Gasteiger partial charge is 0.314 e. The van der Waals surface area contributed by atoms with Gasteiger partial charge in [0.1, 0.15) is 0 Å². The van der Waals surface area contributed by atoms with Crippen LogP contribution in [0.15, 0.2) is 24.5 Å². The van der Waals surface area contributed by atoms with Crippen molar-refractivity contribution in [1.29, 1.82) is 0 Å². The molecule has 0 radical (unpaired) electrons. The highest BCUT2D eigenvalue weighted by molar-refractivity contribution is 5.85. The first-order valence-corrected chi connectivity index (χ1v) is 8.28. The van der Waals surface area contributed by atoms with E-state index in [1.165, 1.54) is 57.2 Å². The minimum Gasteiger partial charge on any atom is -0.314 e. The van der Waals surface area contributed by atoms with Gasteiger partial charge in [0.05, 0.1) is 0 Å². The fourth-order valence-corrected chi connectivity index (χ4v) is 3.74. The van der Waals surface area contributed by atoms with Crippen molar-refractivity contribution in [1.82, 2.24) is 15.2 Å². The lowest BCUT2D eigenvalue weighted by Crippen LogP contribution is -2.46. The van der Waals surface area contributed by atoms with Crippen LogP contribution in [0.25, 0.3) is 0 Å². The van der Waals surface area contributed by atoms with Crippen molar-refractivity contribution in [3.05, 3.63) is 30.1 Å². The summed E-state index contributed by atoms with van der Waals surface area (Å²) in [5, 5.41) is 3.53. The summed E-state index contributed by atoms with van der Waals surface area (Å²) in [5.41, 5.74) is 1.36. The SMILES string of the molecule is Cl.c1cncc(C2CNCCN2CCC2CCCCC2)c1. The van der Waals surface area contributed by atoms with Gasteiger partial charge in [-0.15, -0.1) is 12.4 Å². The number of pyridine rings is 1. The van der Waals surface area contributed by atoms with Crippen molar-refractivity contribution in [3.8, 4) is 0 Å². The highest BCUT2D eigenvalue weighted by Gasteiger charge is 2.24. The molecule has 1 saturated carbocycles. The summed E-state index contributed by atoms with van der Waals surface area (Å²) in [6, 6.07) is 4.79. The van der Waals surface area contributed by atoms with Gasteiger partial charge in [-0.1, -0.05) is 38.2 Å². The third kappa shape index (κ3) is 4.67. The third-order valence-electron chi connectivity index (χ3n) is 4.97. The zero-order chi connectivity index (χ0) is 13.6. The second-order valence-corrected chi connectivity index (χ2v) is 6.33. The Morgan fingerprint density at radius 3 is 2.86 bits per heavy atom. The number of aromatic nitrogens is 1. The molecule has 3 rings (SSSR count). The molecule has 0 spiro atoms. The lowest BCUT2D eigenvalue weighted by Gasteiger charge is -2.37. The molecule has 21 heavy (non-hydrogen) atoms. The van der Waals surface area contributed by atoms with Crippen LogP contribution in [-0.2, 0) is 0 Å². The molecule has 0 bridgehead atoms. The highest BCUT2D eigenvalue weighted by Crippen LogP contribution is 2.28. The molecular weight excluding hydrogens is 282 g/mol. The summed E-state index contributed by atoms with van der Waals surface area (Å²) in [6.07, 6.45) is 12.6. The zero-order valence-electron chi connectivity index (χ0n) is 12.8. The summed E-state index contributed by atoms with van der Waals surface area (Å²) in [4.78, 5) is 6.96. The van der Waals surface area contributed by atoms with Crippen LogP contribution < -0.4 is 5.32 Å². The highest BCUT2D eigenvalue weighted by atomic mass is 35.5. The van der Waals surface area contributed by atoms with E-state index in [1.54, 1.807) is 0 Å². The van der Waals surface area contributed by atoms with Crippen LogP contribution >= 0.6 is 12.4 Å². The predicted octanol–water partition coefficient (Wildman–Crippen LogP) is 3.42. The van der Waals surface area contributed by atoms with Gasteiger partial charge in [-0.2, -0.15) is 0 Å². The van der Waals surface area contributed by atoms with E-state index in [0.29, 0.717) is 6.04 Å². The monoisotopic (exact) mass is 309 g/mol. The van der Waals surface area contributed by atoms with Gasteiger partial charge < -0.3 is 5.32 Å². The minimum atomic E-state index is 0. The van der Waals surface area contributed by atoms with Gasteiger partial charge in [-0.3, -0.25) is 9.88 Å². The maximum Gasteiger partial charge on any atom is 0.0488 e. The molecule has 4 heteroatoms. The van der Waals surface area contributed by atoms with Crippen LogP contribution in [0.4, 0.5) is 0 Å². The molecule has 0 amide bonds. The van der Waals surface area contributed by atoms with Gasteiger partial charge in [0.2, 0.25) is 0 Å². The Morgan fingerprint density at radius 2 is 2.10 bits per heavy atom. The maximum atomic E-state index is 4.29. The van der Waals surface area contributed by atoms with E-state index < -0.39 is 0 Å². The maximum absolute atomic E-state index is 4.29. The molecule has 2 heterocycles. The second-order valence-electron chi connectivity index (χ2n) is 6.33. The van der Waals surface area contributed by atoms with Crippen LogP contribution in [0, 0.1) is 5.92 Å². The van der Waals surface area contributed by atoms with E-state index in [4.69, 9.17) is 0 Å². The topological polar surface area (TPSA) is 28.2 Å². The summed E-state index contributed by atoms with van der Waals surface area (Å²) in [6.45, 7) is 4.62. The van der Waals surface area contributed by atoms with E-state index in [9.17, 15) is 0 Å². The van der Waals surface area contributed by atoms with Gasteiger partial charge in [-0.25, -0.2) is 0 Å². The van der Waals surface area contributed by atoms with Crippen molar-refractivity contribution < 1.29 is 0 Å². The first kappa shape index (κ1) is 16.7. The molecule has 1 aromatic heterocycles. The van der Waals surface area contributed by atoms with Gasteiger partial charge >= 0.3 is 0 Å². The molecule has 1 unspecified atom stereocenters. The summed E-state index contributed by atoms with van der Waals surface area (Å²) in [7, 11) is 0.